The van der Waals surface area contributed by atoms with Crippen LogP contribution in [0.25, 0.3) is 0 Å². The van der Waals surface area contributed by atoms with Gasteiger partial charge in [-0.05, 0) is 154 Å². The highest BCUT2D eigenvalue weighted by molar-refractivity contribution is 5.61. The molecule has 0 aliphatic heterocycles. The van der Waals surface area contributed by atoms with Gasteiger partial charge >= 0.3 is 0 Å². The predicted molar refractivity (Wildman–Crippen MR) is 210 cm³/mol. The van der Waals surface area contributed by atoms with E-state index >= 15 is 0 Å². The average molecular weight is 737 g/mol. The Morgan fingerprint density at radius 3 is 0.654 bits per heavy atom. The number of carbonyl (C=O) groups excluding carboxylic acids is 4. The molecule has 4 rings (SSSR count). The van der Waals surface area contributed by atoms with Crippen LogP contribution in [0.15, 0.2) is 0 Å². The van der Waals surface area contributed by atoms with Gasteiger partial charge in [-0.15, -0.1) is 0 Å². The van der Waals surface area contributed by atoms with Crippen molar-refractivity contribution in [1.82, 2.24) is 0 Å². The van der Waals surface area contributed by atoms with Crippen LogP contribution in [-0.2, 0) is 19.2 Å². The Morgan fingerprint density at radius 2 is 0.558 bits per heavy atom. The third kappa shape index (κ3) is 19.7. The van der Waals surface area contributed by atoms with Crippen molar-refractivity contribution >= 4 is 25.1 Å². The highest BCUT2D eigenvalue weighted by Crippen LogP contribution is 2.56. The standard InChI is InChI=1S/4C11H20O2/c4*1-10(2,13)5-4-6-11(3)7-9(11)8-12/h4*8-9,13H,4-7H2,1-3H3/t2*9-,11+;2*9-,11-/m1010/s1. The highest BCUT2D eigenvalue weighted by Gasteiger charge is 2.51. The van der Waals surface area contributed by atoms with Gasteiger partial charge in [0, 0.05) is 23.7 Å². The molecule has 8 heteroatoms. The summed E-state index contributed by atoms with van der Waals surface area (Å²) in [6.45, 7) is 23.3. The van der Waals surface area contributed by atoms with Gasteiger partial charge in [0.25, 0.3) is 0 Å². The van der Waals surface area contributed by atoms with Crippen molar-refractivity contribution in [3.63, 3.8) is 0 Å². The van der Waals surface area contributed by atoms with Crippen molar-refractivity contribution in [3.05, 3.63) is 0 Å². The van der Waals surface area contributed by atoms with Gasteiger partial charge in [-0.3, -0.25) is 0 Å². The summed E-state index contributed by atoms with van der Waals surface area (Å²) in [6.07, 6.45) is 20.1. The summed E-state index contributed by atoms with van der Waals surface area (Å²) in [7, 11) is 0. The molecule has 0 spiro atoms. The zero-order valence-electron chi connectivity index (χ0n) is 35.4. The van der Waals surface area contributed by atoms with Gasteiger partial charge in [-0.2, -0.15) is 0 Å². The van der Waals surface area contributed by atoms with E-state index in [1.165, 1.54) is 0 Å². The van der Waals surface area contributed by atoms with E-state index in [9.17, 15) is 39.6 Å². The van der Waals surface area contributed by atoms with E-state index in [2.05, 4.69) is 27.7 Å². The Labute approximate surface area is 317 Å². The van der Waals surface area contributed by atoms with Crippen LogP contribution >= 0.6 is 0 Å². The molecular formula is C44H80O8. The van der Waals surface area contributed by atoms with Crippen LogP contribution in [0, 0.1) is 45.3 Å². The fraction of sp³-hybridized carbons (Fsp3) is 0.909. The van der Waals surface area contributed by atoms with Crippen molar-refractivity contribution < 1.29 is 39.6 Å². The van der Waals surface area contributed by atoms with Crippen LogP contribution in [0.4, 0.5) is 0 Å². The van der Waals surface area contributed by atoms with E-state index in [0.717, 1.165) is 128 Å². The topological polar surface area (TPSA) is 149 Å². The maximum atomic E-state index is 10.5. The first-order chi connectivity index (χ1) is 23.5. The smallest absolute Gasteiger partial charge is 0.123 e. The second-order valence-corrected chi connectivity index (χ2v) is 21.1. The minimum Gasteiger partial charge on any atom is -0.390 e. The van der Waals surface area contributed by atoms with Crippen LogP contribution in [-0.4, -0.2) is 68.0 Å². The van der Waals surface area contributed by atoms with Gasteiger partial charge in [0.2, 0.25) is 0 Å². The van der Waals surface area contributed by atoms with Gasteiger partial charge < -0.3 is 39.6 Å². The molecule has 4 aliphatic carbocycles. The Hall–Kier alpha value is -1.48. The molecule has 52 heavy (non-hydrogen) atoms. The minimum atomic E-state index is -0.554. The SMILES string of the molecule is CC(C)(O)CCC[C@@]1(C)C[C@@H]1C=O.CC(C)(O)CCC[C@@]1(C)C[C@H]1C=O.CC(C)(O)CCC[C@]1(C)C[C@@H]1C=O.CC(C)(O)CCC[C@]1(C)C[C@H]1C=O. The summed E-state index contributed by atoms with van der Waals surface area (Å²) in [4.78, 5) is 42.0. The summed E-state index contributed by atoms with van der Waals surface area (Å²) in [5.74, 6) is 1.15. The minimum absolute atomic E-state index is 0.257. The second-order valence-electron chi connectivity index (χ2n) is 21.1. The van der Waals surface area contributed by atoms with Crippen molar-refractivity contribution in [2.45, 2.75) is 208 Å². The maximum Gasteiger partial charge on any atom is 0.123 e. The highest BCUT2D eigenvalue weighted by atomic mass is 16.3. The van der Waals surface area contributed by atoms with Crippen LogP contribution < -0.4 is 0 Å². The van der Waals surface area contributed by atoms with E-state index in [4.69, 9.17) is 0 Å². The van der Waals surface area contributed by atoms with Gasteiger partial charge in [0.05, 0.1) is 22.4 Å². The number of carbonyl (C=O) groups is 4. The lowest BCUT2D eigenvalue weighted by molar-refractivity contribution is -0.110. The molecule has 0 aromatic carbocycles. The summed E-state index contributed by atoms with van der Waals surface area (Å²) in [5.41, 5.74) is -1.19. The predicted octanol–water partition coefficient (Wildman–Crippen LogP) is 8.61. The fourth-order valence-corrected chi connectivity index (χ4v) is 7.47. The number of hydrogen-bond donors (Lipinski definition) is 4. The van der Waals surface area contributed by atoms with E-state index in [1.807, 2.05) is 55.4 Å². The normalized spacial score (nSPS) is 33.1. The molecule has 0 saturated heterocycles. The lowest BCUT2D eigenvalue weighted by Crippen LogP contribution is -2.18. The van der Waals surface area contributed by atoms with Crippen LogP contribution in [0.2, 0.25) is 0 Å². The number of hydrogen-bond acceptors (Lipinski definition) is 8. The lowest BCUT2D eigenvalue weighted by atomic mass is 9.94. The maximum absolute atomic E-state index is 10.5. The molecule has 4 aliphatic rings. The Kier molecular flexibility index (Phi) is 17.7. The van der Waals surface area contributed by atoms with Crippen molar-refractivity contribution in [1.29, 1.82) is 0 Å². The van der Waals surface area contributed by atoms with E-state index in [0.29, 0.717) is 0 Å². The first-order valence-electron chi connectivity index (χ1n) is 20.2. The number of aldehydes is 4. The van der Waals surface area contributed by atoms with E-state index < -0.39 is 22.4 Å². The zero-order chi connectivity index (χ0) is 40.5. The molecule has 0 aromatic rings. The van der Waals surface area contributed by atoms with Gasteiger partial charge in [0.1, 0.15) is 25.1 Å². The molecule has 8 atom stereocenters. The molecule has 8 nitrogen and oxygen atoms in total. The molecule has 0 aromatic heterocycles. The molecule has 0 radical (unpaired) electrons. The second kappa shape index (κ2) is 18.9. The zero-order valence-corrected chi connectivity index (χ0v) is 35.4. The average Bonchev–Trinajstić information content (AvgIpc) is 3.91. The molecule has 0 unspecified atom stereocenters. The molecule has 4 fully saturated rings. The summed E-state index contributed by atoms with van der Waals surface area (Å²) >= 11 is 0. The quantitative estimate of drug-likeness (QED) is 0.0908. The van der Waals surface area contributed by atoms with E-state index in [1.54, 1.807) is 0 Å². The molecule has 0 amide bonds. The van der Waals surface area contributed by atoms with Gasteiger partial charge in [-0.1, -0.05) is 53.4 Å². The summed E-state index contributed by atoms with van der Waals surface area (Å²) in [6, 6.07) is 0. The third-order valence-electron chi connectivity index (χ3n) is 12.5. The summed E-state index contributed by atoms with van der Waals surface area (Å²) in [5, 5.41) is 38.0. The fourth-order valence-electron chi connectivity index (χ4n) is 7.47. The van der Waals surface area contributed by atoms with E-state index in [-0.39, 0.29) is 45.3 Å². The largest absolute Gasteiger partial charge is 0.390 e. The third-order valence-corrected chi connectivity index (χ3v) is 12.5. The van der Waals surface area contributed by atoms with Crippen LogP contribution in [0.3, 0.4) is 0 Å². The van der Waals surface area contributed by atoms with Crippen molar-refractivity contribution in [2.24, 2.45) is 45.3 Å². The van der Waals surface area contributed by atoms with Crippen LogP contribution in [0.1, 0.15) is 186 Å². The van der Waals surface area contributed by atoms with Crippen LogP contribution in [0.5, 0.6) is 0 Å². The molecule has 4 saturated carbocycles. The monoisotopic (exact) mass is 737 g/mol. The Morgan fingerprint density at radius 1 is 0.404 bits per heavy atom. The Balaban J connectivity index is 0.000000347. The van der Waals surface area contributed by atoms with Gasteiger partial charge in [0.15, 0.2) is 0 Å². The molecular weight excluding hydrogens is 656 g/mol. The molecule has 0 heterocycles. The molecule has 4 N–H and O–H groups in total. The Bertz CT molecular complexity index is 947. The number of aliphatic hydroxyl groups is 4. The van der Waals surface area contributed by atoms with Gasteiger partial charge in [-0.25, -0.2) is 0 Å². The van der Waals surface area contributed by atoms with Crippen molar-refractivity contribution in [2.75, 3.05) is 0 Å². The first kappa shape index (κ1) is 48.5. The molecule has 304 valence electrons. The lowest BCUT2D eigenvalue weighted by Gasteiger charge is -2.18. The summed E-state index contributed by atoms with van der Waals surface area (Å²) < 4.78 is 0. The first-order valence-corrected chi connectivity index (χ1v) is 20.2. The molecule has 0 bridgehead atoms. The number of rotatable bonds is 20. The van der Waals surface area contributed by atoms with Crippen molar-refractivity contribution in [3.8, 4) is 0 Å².